The summed E-state index contributed by atoms with van der Waals surface area (Å²) < 4.78 is 16.8. The molecule has 0 spiro atoms. The molecule has 1 aliphatic carbocycles. The lowest BCUT2D eigenvalue weighted by Gasteiger charge is -2.36. The van der Waals surface area contributed by atoms with E-state index in [4.69, 9.17) is 0 Å². The van der Waals surface area contributed by atoms with Crippen LogP contribution in [-0.2, 0) is 0 Å². The molecule has 1 aromatic carbocycles. The van der Waals surface area contributed by atoms with Gasteiger partial charge in [0, 0.05) is 31.1 Å². The summed E-state index contributed by atoms with van der Waals surface area (Å²) in [6.45, 7) is 4.46. The summed E-state index contributed by atoms with van der Waals surface area (Å²) in [7, 11) is 1.85. The average Bonchev–Trinajstić information content (AvgIpc) is 3.27. The molecule has 2 aromatic heterocycles. The van der Waals surface area contributed by atoms with Crippen LogP contribution in [0.25, 0.3) is 16.9 Å². The monoisotopic (exact) mass is 438 g/mol. The number of anilines is 1. The van der Waals surface area contributed by atoms with Gasteiger partial charge in [-0.2, -0.15) is 0 Å². The van der Waals surface area contributed by atoms with E-state index in [1.165, 1.54) is 0 Å². The van der Waals surface area contributed by atoms with Crippen molar-refractivity contribution in [3.05, 3.63) is 43.1 Å². The molecule has 1 saturated carbocycles. The molecular weight excluding hydrogens is 407 g/mol. The Balaban J connectivity index is 1.54. The highest BCUT2D eigenvalue weighted by Crippen LogP contribution is 2.41. The second-order valence-corrected chi connectivity index (χ2v) is 9.17. The molecule has 0 radical (unpaired) electrons. The maximum absolute atomic E-state index is 15.0. The molecule has 3 aromatic rings. The number of phenolic OH excluding ortho intramolecular Hbond substituents is 1. The van der Waals surface area contributed by atoms with E-state index in [2.05, 4.69) is 34.0 Å². The molecule has 1 N–H and O–H groups in total. The van der Waals surface area contributed by atoms with Crippen LogP contribution in [0.4, 0.5) is 10.3 Å². The number of imidazole rings is 1. The van der Waals surface area contributed by atoms with Gasteiger partial charge >= 0.3 is 0 Å². The minimum absolute atomic E-state index is 0.0799. The van der Waals surface area contributed by atoms with Gasteiger partial charge in [-0.25, -0.2) is 14.4 Å². The highest BCUT2D eigenvalue weighted by molar-refractivity contribution is 5.68. The SMILES string of the molecule is CCC[C@]1(C)CCC[C@H](F)[C@H](N(C)c2ncc(-c3ccc(-n4ccnc4)cc3O)nn2)C1. The molecule has 0 aliphatic heterocycles. The third kappa shape index (κ3) is 4.59. The molecule has 3 atom stereocenters. The summed E-state index contributed by atoms with van der Waals surface area (Å²) in [6.07, 6.45) is 11.3. The lowest BCUT2D eigenvalue weighted by atomic mass is 9.77. The Kier molecular flexibility index (Phi) is 6.39. The van der Waals surface area contributed by atoms with Gasteiger partial charge in [-0.05, 0) is 49.7 Å². The largest absolute Gasteiger partial charge is 0.507 e. The van der Waals surface area contributed by atoms with Crippen molar-refractivity contribution < 1.29 is 9.50 Å². The predicted molar refractivity (Wildman–Crippen MR) is 123 cm³/mol. The molecule has 32 heavy (non-hydrogen) atoms. The Labute approximate surface area is 188 Å². The fraction of sp³-hybridized carbons (Fsp3) is 0.500. The smallest absolute Gasteiger partial charge is 0.245 e. The van der Waals surface area contributed by atoms with Crippen molar-refractivity contribution >= 4 is 5.95 Å². The second kappa shape index (κ2) is 9.22. The Bertz CT molecular complexity index is 1030. The number of aromatic hydroxyl groups is 1. The maximum Gasteiger partial charge on any atom is 0.245 e. The summed E-state index contributed by atoms with van der Waals surface area (Å²) >= 11 is 0. The fourth-order valence-corrected chi connectivity index (χ4v) is 4.87. The molecule has 7 nitrogen and oxygen atoms in total. The van der Waals surface area contributed by atoms with E-state index < -0.39 is 6.17 Å². The summed E-state index contributed by atoms with van der Waals surface area (Å²) in [5.74, 6) is 0.480. The van der Waals surface area contributed by atoms with E-state index in [0.717, 1.165) is 37.8 Å². The lowest BCUT2D eigenvalue weighted by Crippen LogP contribution is -2.42. The number of nitrogens with zero attached hydrogens (tertiary/aromatic N) is 6. The molecule has 2 heterocycles. The van der Waals surface area contributed by atoms with E-state index >= 15 is 4.39 Å². The number of aromatic nitrogens is 5. The Morgan fingerprint density at radius 1 is 1.31 bits per heavy atom. The molecule has 1 aliphatic rings. The number of rotatable bonds is 6. The minimum Gasteiger partial charge on any atom is -0.507 e. The third-order valence-corrected chi connectivity index (χ3v) is 6.66. The first-order valence-electron chi connectivity index (χ1n) is 11.3. The first-order chi connectivity index (χ1) is 15.4. The van der Waals surface area contributed by atoms with Crippen molar-refractivity contribution in [3.8, 4) is 22.7 Å². The van der Waals surface area contributed by atoms with Gasteiger partial charge in [0.25, 0.3) is 0 Å². The number of phenols is 1. The summed E-state index contributed by atoms with van der Waals surface area (Å²) in [4.78, 5) is 10.3. The molecule has 1 fully saturated rings. The zero-order valence-electron chi connectivity index (χ0n) is 18.9. The van der Waals surface area contributed by atoms with Crippen LogP contribution >= 0.6 is 0 Å². The van der Waals surface area contributed by atoms with Gasteiger partial charge in [-0.3, -0.25) is 0 Å². The summed E-state index contributed by atoms with van der Waals surface area (Å²) in [5, 5.41) is 19.1. The quantitative estimate of drug-likeness (QED) is 0.549. The molecule has 0 saturated heterocycles. The summed E-state index contributed by atoms with van der Waals surface area (Å²) in [6, 6.07) is 5.02. The van der Waals surface area contributed by atoms with E-state index in [9.17, 15) is 5.11 Å². The van der Waals surface area contributed by atoms with Gasteiger partial charge in [0.05, 0.1) is 24.3 Å². The van der Waals surface area contributed by atoms with E-state index in [-0.39, 0.29) is 17.2 Å². The van der Waals surface area contributed by atoms with Crippen molar-refractivity contribution in [1.29, 1.82) is 0 Å². The minimum atomic E-state index is -0.915. The molecule has 0 bridgehead atoms. The van der Waals surface area contributed by atoms with Crippen molar-refractivity contribution in [2.45, 2.75) is 64.6 Å². The number of hydrogen-bond donors (Lipinski definition) is 1. The Hall–Kier alpha value is -3.03. The van der Waals surface area contributed by atoms with Crippen LogP contribution in [0.3, 0.4) is 0 Å². The predicted octanol–water partition coefficient (Wildman–Crippen LogP) is 4.95. The first kappa shape index (κ1) is 22.2. The van der Waals surface area contributed by atoms with Crippen LogP contribution in [-0.4, -0.2) is 49.1 Å². The Morgan fingerprint density at radius 3 is 2.81 bits per heavy atom. The first-order valence-corrected chi connectivity index (χ1v) is 11.3. The van der Waals surface area contributed by atoms with Crippen LogP contribution in [0.5, 0.6) is 5.75 Å². The van der Waals surface area contributed by atoms with E-state index in [1.54, 1.807) is 41.6 Å². The molecule has 0 amide bonds. The second-order valence-electron chi connectivity index (χ2n) is 9.17. The zero-order valence-corrected chi connectivity index (χ0v) is 18.9. The van der Waals surface area contributed by atoms with Crippen LogP contribution in [0.1, 0.15) is 52.4 Å². The van der Waals surface area contributed by atoms with Crippen molar-refractivity contribution in [1.82, 2.24) is 24.7 Å². The molecule has 4 rings (SSSR count). The van der Waals surface area contributed by atoms with Gasteiger partial charge in [0.1, 0.15) is 17.6 Å². The van der Waals surface area contributed by atoms with Crippen molar-refractivity contribution in [2.75, 3.05) is 11.9 Å². The average molecular weight is 439 g/mol. The van der Waals surface area contributed by atoms with Crippen molar-refractivity contribution in [3.63, 3.8) is 0 Å². The highest BCUT2D eigenvalue weighted by Gasteiger charge is 2.37. The molecule has 8 heteroatoms. The van der Waals surface area contributed by atoms with Crippen LogP contribution in [0.15, 0.2) is 43.1 Å². The summed E-state index contributed by atoms with van der Waals surface area (Å²) in [5.41, 5.74) is 1.92. The lowest BCUT2D eigenvalue weighted by molar-refractivity contribution is 0.206. The van der Waals surface area contributed by atoms with E-state index in [0.29, 0.717) is 23.6 Å². The number of alkyl halides is 1. The van der Waals surface area contributed by atoms with Gasteiger partial charge in [0.15, 0.2) is 0 Å². The number of hydrogen-bond acceptors (Lipinski definition) is 6. The Morgan fingerprint density at radius 2 is 2.16 bits per heavy atom. The van der Waals surface area contributed by atoms with Gasteiger partial charge in [-0.15, -0.1) is 10.2 Å². The molecule has 0 unspecified atom stereocenters. The highest BCUT2D eigenvalue weighted by atomic mass is 19.1. The maximum atomic E-state index is 15.0. The van der Waals surface area contributed by atoms with Gasteiger partial charge < -0.3 is 14.6 Å². The normalized spacial score (nSPS) is 23.6. The number of benzene rings is 1. The third-order valence-electron chi connectivity index (χ3n) is 6.66. The molecule has 170 valence electrons. The van der Waals surface area contributed by atoms with Crippen LogP contribution in [0.2, 0.25) is 0 Å². The number of halogens is 1. The van der Waals surface area contributed by atoms with Gasteiger partial charge in [0.2, 0.25) is 5.95 Å². The topological polar surface area (TPSA) is 80.0 Å². The van der Waals surface area contributed by atoms with Gasteiger partial charge in [-0.1, -0.05) is 20.3 Å². The van der Waals surface area contributed by atoms with Crippen molar-refractivity contribution in [2.24, 2.45) is 5.41 Å². The van der Waals surface area contributed by atoms with E-state index in [1.807, 2.05) is 18.0 Å². The fourth-order valence-electron chi connectivity index (χ4n) is 4.87. The standard InChI is InChI=1S/C24H31FN6O/c1-4-9-24(2)10-5-6-19(25)21(14-24)30(3)23-27-15-20(28-29-23)18-8-7-17(13-22(18)32)31-12-11-26-16-31/h7-8,11-13,15-16,19,21,32H,4-6,9-10,14H2,1-3H3/t19-,21+,24+/m0/s1. The zero-order chi connectivity index (χ0) is 22.7. The van der Waals surface area contributed by atoms with Crippen LogP contribution in [0, 0.1) is 5.41 Å². The molecular formula is C24H31FN6O. The van der Waals surface area contributed by atoms with Crippen LogP contribution < -0.4 is 4.90 Å².